The molecule has 0 heterocycles. The molecule has 0 saturated carbocycles. The van der Waals surface area contributed by atoms with Crippen LogP contribution in [0, 0.1) is 5.92 Å². The van der Waals surface area contributed by atoms with E-state index in [0.717, 1.165) is 0 Å². The first-order chi connectivity index (χ1) is 37.5. The molecule has 0 spiro atoms. The first-order valence-electron chi connectivity index (χ1n) is 27.0. The van der Waals surface area contributed by atoms with Gasteiger partial charge in [-0.15, -0.1) is 0 Å². The van der Waals surface area contributed by atoms with E-state index in [4.69, 9.17) is 82.6 Å². The summed E-state index contributed by atoms with van der Waals surface area (Å²) in [6, 6.07) is -1.01. The first kappa shape index (κ1) is 77.3. The van der Waals surface area contributed by atoms with Crippen molar-refractivity contribution in [2.24, 2.45) is 17.4 Å². The zero-order valence-electron chi connectivity index (χ0n) is 47.6. The second-order valence-corrected chi connectivity index (χ2v) is 19.0. The van der Waals surface area contributed by atoms with Gasteiger partial charge in [0, 0.05) is 44.9 Å². The molecule has 466 valence electrons. The second-order valence-electron chi connectivity index (χ2n) is 19.0. The number of Topliss-reactive ketones (excluding diaryl/α,β-unsaturated/α-hetero) is 1. The van der Waals surface area contributed by atoms with Gasteiger partial charge in [-0.25, -0.2) is 4.79 Å². The summed E-state index contributed by atoms with van der Waals surface area (Å²) in [7, 11) is 0. The third-order valence-electron chi connectivity index (χ3n) is 9.67. The van der Waals surface area contributed by atoms with E-state index in [0.29, 0.717) is 118 Å². The van der Waals surface area contributed by atoms with Crippen LogP contribution in [-0.2, 0) is 95.1 Å². The number of carbonyl (C=O) groups excluding carboxylic acids is 6. The number of esters is 1. The highest BCUT2D eigenvalue weighted by Crippen LogP contribution is 2.18. The number of amides is 4. The highest BCUT2D eigenvalue weighted by Gasteiger charge is 2.29. The van der Waals surface area contributed by atoms with Gasteiger partial charge in [-0.3, -0.25) is 28.8 Å². The van der Waals surface area contributed by atoms with Gasteiger partial charge in [0.2, 0.25) is 17.7 Å². The minimum absolute atomic E-state index is 0. The number of ether oxygens (including phenoxy) is 14. The van der Waals surface area contributed by atoms with Crippen molar-refractivity contribution in [2.75, 3.05) is 191 Å². The van der Waals surface area contributed by atoms with Gasteiger partial charge >= 0.3 is 12.1 Å². The van der Waals surface area contributed by atoms with Crippen molar-refractivity contribution in [3.05, 3.63) is 0 Å². The maximum Gasteiger partial charge on any atom is 0.431 e. The normalized spacial score (nSPS) is 12.3. The van der Waals surface area contributed by atoms with Gasteiger partial charge in [0.25, 0.3) is 0 Å². The van der Waals surface area contributed by atoms with E-state index >= 15 is 0 Å². The van der Waals surface area contributed by atoms with Crippen LogP contribution in [0.4, 0.5) is 4.79 Å². The molecule has 0 radical (unpaired) electrons. The predicted molar refractivity (Wildman–Crippen MR) is 290 cm³/mol. The van der Waals surface area contributed by atoms with Gasteiger partial charge in [0.05, 0.1) is 158 Å². The molecule has 0 saturated heterocycles. The van der Waals surface area contributed by atoms with Crippen molar-refractivity contribution >= 4 is 35.6 Å². The van der Waals surface area contributed by atoms with Gasteiger partial charge in [0.15, 0.2) is 5.78 Å². The van der Waals surface area contributed by atoms with Crippen LogP contribution < -0.4 is 32.9 Å². The Hall–Kier alpha value is -3.78. The Balaban J connectivity index is 0. The van der Waals surface area contributed by atoms with Crippen LogP contribution in [0.3, 0.4) is 0 Å². The molecule has 4 amide bonds. The highest BCUT2D eigenvalue weighted by molar-refractivity contribution is 5.92. The molecule has 0 aliphatic carbocycles. The lowest BCUT2D eigenvalue weighted by molar-refractivity contribution is -0.155. The smallest absolute Gasteiger partial charge is 0.431 e. The van der Waals surface area contributed by atoms with Crippen LogP contribution in [-0.4, -0.2) is 244 Å². The van der Waals surface area contributed by atoms with Crippen molar-refractivity contribution in [2.45, 2.75) is 105 Å². The molecule has 8 N–H and O–H groups in total. The molecule has 0 rings (SSSR count). The van der Waals surface area contributed by atoms with Crippen molar-refractivity contribution < 1.29 is 99.9 Å². The van der Waals surface area contributed by atoms with E-state index in [1.807, 2.05) is 0 Å². The van der Waals surface area contributed by atoms with Gasteiger partial charge in [0.1, 0.15) is 24.4 Å². The van der Waals surface area contributed by atoms with E-state index in [-0.39, 0.29) is 125 Å². The molecule has 0 aromatic rings. The van der Waals surface area contributed by atoms with Gasteiger partial charge < -0.3 is 93.7 Å². The largest absolute Gasteiger partial charge is 0.460 e. The van der Waals surface area contributed by atoms with E-state index < -0.39 is 52.8 Å². The molecular formula is C52H102N6O21. The molecule has 0 unspecified atom stereocenters. The Morgan fingerprint density at radius 1 is 0.443 bits per heavy atom. The van der Waals surface area contributed by atoms with Gasteiger partial charge in [-0.2, -0.15) is 5.48 Å². The minimum Gasteiger partial charge on any atom is -0.460 e. The summed E-state index contributed by atoms with van der Waals surface area (Å²) < 4.78 is 75.6. The SMILES string of the molecule is C.CC(C)(C)OC(=O)CC[C@@H](CC(=O)[C@@H](CCCCNC(=O)COCCOCCOCCOCCOCCN)NC(=O)COCCOCCOCCOCCOCCN)C(=O)NCCOCCOCCONC(=O)OC(C)(C)C. The Morgan fingerprint density at radius 2 is 0.848 bits per heavy atom. The van der Waals surface area contributed by atoms with Crippen LogP contribution in [0.1, 0.15) is 87.5 Å². The standard InChI is InChI=1S/C51H98N6O21.CH4/c1-50(2,3)77-47(61)11-10-42(48(62)55-15-18-66-21-24-73-37-38-76-57-49(63)78-51(4,5)6)39-44(58)43(56-46(60)41-75-36-34-72-32-30-70-28-26-68-23-20-65-17-13-53)9-7-8-14-54-45(59)40-74-35-33-71-31-29-69-27-25-67-22-19-64-16-12-52;/h42-43H,7-41,52-53H2,1-6H3,(H,54,59)(H,55,62)(H,56,60)(H,57,63);1H4/t42-,43+;/m0./s1. The predicted octanol–water partition coefficient (Wildman–Crippen LogP) is 0.780. The Kier molecular flexibility index (Phi) is 52.4. The van der Waals surface area contributed by atoms with Crippen molar-refractivity contribution in [3.63, 3.8) is 0 Å². The number of carbonyl (C=O) groups is 6. The molecule has 0 fully saturated rings. The monoisotopic (exact) mass is 1150 g/mol. The van der Waals surface area contributed by atoms with Gasteiger partial charge in [-0.1, -0.05) is 7.43 Å². The second kappa shape index (κ2) is 53.5. The van der Waals surface area contributed by atoms with Crippen molar-refractivity contribution in [1.29, 1.82) is 0 Å². The number of hydrogen-bond acceptors (Lipinski definition) is 23. The fraction of sp³-hybridized carbons (Fsp3) is 0.885. The number of nitrogens with one attached hydrogen (secondary N) is 4. The molecule has 0 aromatic carbocycles. The van der Waals surface area contributed by atoms with E-state index in [9.17, 15) is 28.8 Å². The maximum absolute atomic E-state index is 14.0. The summed E-state index contributed by atoms with van der Waals surface area (Å²) in [6.07, 6.45) is -0.0834. The lowest BCUT2D eigenvalue weighted by Crippen LogP contribution is -2.44. The molecule has 0 bridgehead atoms. The maximum atomic E-state index is 14.0. The quantitative estimate of drug-likeness (QED) is 0.0278. The summed E-state index contributed by atoms with van der Waals surface area (Å²) in [5.74, 6) is -3.29. The van der Waals surface area contributed by atoms with Crippen LogP contribution in [0.25, 0.3) is 0 Å². The number of unbranched alkanes of at least 4 members (excludes halogenated alkanes) is 1. The van der Waals surface area contributed by atoms with Crippen LogP contribution in [0.2, 0.25) is 0 Å². The average molecular weight is 1150 g/mol. The van der Waals surface area contributed by atoms with Gasteiger partial charge in [-0.05, 0) is 67.2 Å². The van der Waals surface area contributed by atoms with Crippen molar-refractivity contribution in [1.82, 2.24) is 21.4 Å². The average Bonchev–Trinajstić information content (AvgIpc) is 3.37. The molecule has 27 heteroatoms. The first-order valence-corrected chi connectivity index (χ1v) is 27.0. The lowest BCUT2D eigenvalue weighted by atomic mass is 9.91. The summed E-state index contributed by atoms with van der Waals surface area (Å²) in [4.78, 5) is 82.6. The number of rotatable bonds is 55. The topological polar surface area (TPSA) is 341 Å². The Morgan fingerprint density at radius 3 is 1.29 bits per heavy atom. The molecule has 27 nitrogen and oxygen atoms in total. The highest BCUT2D eigenvalue weighted by atomic mass is 16.7. The molecule has 0 aliphatic heterocycles. The third kappa shape index (κ3) is 55.9. The third-order valence-corrected chi connectivity index (χ3v) is 9.67. The molecule has 0 aromatic heterocycles. The molecule has 79 heavy (non-hydrogen) atoms. The number of hydroxylamine groups is 1. The molecule has 0 aliphatic rings. The summed E-state index contributed by atoms with van der Waals surface area (Å²) in [6.45, 7) is 18.6. The summed E-state index contributed by atoms with van der Waals surface area (Å²) >= 11 is 0. The van der Waals surface area contributed by atoms with Crippen LogP contribution in [0.15, 0.2) is 0 Å². The molecular weight excluding hydrogens is 1040 g/mol. The van der Waals surface area contributed by atoms with Crippen LogP contribution >= 0.6 is 0 Å². The lowest BCUT2D eigenvalue weighted by Gasteiger charge is -2.23. The van der Waals surface area contributed by atoms with Crippen LogP contribution in [0.5, 0.6) is 0 Å². The fourth-order valence-corrected chi connectivity index (χ4v) is 6.18. The zero-order valence-corrected chi connectivity index (χ0v) is 47.6. The Labute approximate surface area is 469 Å². The van der Waals surface area contributed by atoms with E-state index in [1.165, 1.54) is 0 Å². The summed E-state index contributed by atoms with van der Waals surface area (Å²) in [5.41, 5.74) is 11.5. The summed E-state index contributed by atoms with van der Waals surface area (Å²) in [5, 5.41) is 8.31. The van der Waals surface area contributed by atoms with E-state index in [1.54, 1.807) is 41.5 Å². The molecule has 2 atom stereocenters. The minimum atomic E-state index is -1.01. The number of nitrogens with two attached hydrogens (primary N) is 2. The zero-order chi connectivity index (χ0) is 57.8. The Bertz CT molecular complexity index is 1510. The fourth-order valence-electron chi connectivity index (χ4n) is 6.18. The van der Waals surface area contributed by atoms with Crippen molar-refractivity contribution in [3.8, 4) is 0 Å². The number of hydrogen-bond donors (Lipinski definition) is 6. The number of ketones is 1. The van der Waals surface area contributed by atoms with E-state index in [2.05, 4.69) is 21.4 Å².